The van der Waals surface area contributed by atoms with Crippen LogP contribution >= 0.6 is 0 Å². The molecule has 1 spiro atoms. The molecule has 106 valence electrons. The predicted molar refractivity (Wildman–Crippen MR) is 73.6 cm³/mol. The van der Waals surface area contributed by atoms with Gasteiger partial charge >= 0.3 is 0 Å². The summed E-state index contributed by atoms with van der Waals surface area (Å²) in [6.45, 7) is 8.49. The van der Waals surface area contributed by atoms with E-state index in [-0.39, 0.29) is 5.79 Å². The van der Waals surface area contributed by atoms with Gasteiger partial charge in [0, 0.05) is 24.9 Å². The monoisotopic (exact) mass is 255 g/mol. The van der Waals surface area contributed by atoms with Crippen molar-refractivity contribution in [3.63, 3.8) is 0 Å². The first kappa shape index (κ1) is 14.3. The number of rotatable bonds is 5. The molecular formula is C15H29NO2. The molecule has 0 radical (unpaired) electrons. The van der Waals surface area contributed by atoms with Crippen molar-refractivity contribution in [2.75, 3.05) is 13.2 Å². The molecule has 18 heavy (non-hydrogen) atoms. The lowest BCUT2D eigenvalue weighted by Gasteiger charge is -2.37. The first-order chi connectivity index (χ1) is 8.63. The van der Waals surface area contributed by atoms with E-state index in [1.54, 1.807) is 0 Å². The van der Waals surface area contributed by atoms with E-state index >= 15 is 0 Å². The molecule has 0 amide bonds. The van der Waals surface area contributed by atoms with Crippen LogP contribution in [0.1, 0.15) is 59.3 Å². The van der Waals surface area contributed by atoms with Crippen LogP contribution in [-0.2, 0) is 9.47 Å². The first-order valence-electron chi connectivity index (χ1n) is 7.67. The third-order valence-electron chi connectivity index (χ3n) is 4.53. The van der Waals surface area contributed by atoms with E-state index in [2.05, 4.69) is 26.1 Å². The third kappa shape index (κ3) is 3.69. The SMILES string of the molecule is CCC(C)CC(C)NC1CCC2(CC1)OCCO2. The molecule has 2 aliphatic rings. The molecule has 2 fully saturated rings. The van der Waals surface area contributed by atoms with Gasteiger partial charge in [0.15, 0.2) is 5.79 Å². The standard InChI is InChI=1S/C15H29NO2/c1-4-12(2)11-13(3)16-14-5-7-15(8-6-14)17-9-10-18-15/h12-14,16H,4-11H2,1-3H3. The van der Waals surface area contributed by atoms with Gasteiger partial charge < -0.3 is 14.8 Å². The molecule has 2 atom stereocenters. The molecule has 0 aromatic carbocycles. The Bertz CT molecular complexity index is 241. The average molecular weight is 255 g/mol. The van der Waals surface area contributed by atoms with E-state index in [0.29, 0.717) is 12.1 Å². The molecule has 0 bridgehead atoms. The van der Waals surface area contributed by atoms with Crippen molar-refractivity contribution < 1.29 is 9.47 Å². The van der Waals surface area contributed by atoms with Crippen molar-refractivity contribution in [1.29, 1.82) is 0 Å². The Morgan fingerprint density at radius 2 is 1.78 bits per heavy atom. The zero-order valence-electron chi connectivity index (χ0n) is 12.2. The van der Waals surface area contributed by atoms with E-state index < -0.39 is 0 Å². The third-order valence-corrected chi connectivity index (χ3v) is 4.53. The molecule has 1 aliphatic carbocycles. The highest BCUT2D eigenvalue weighted by Gasteiger charge is 2.40. The van der Waals surface area contributed by atoms with E-state index in [1.165, 1.54) is 25.7 Å². The summed E-state index contributed by atoms with van der Waals surface area (Å²) in [6, 6.07) is 1.28. The highest BCUT2D eigenvalue weighted by atomic mass is 16.7. The van der Waals surface area contributed by atoms with Crippen molar-refractivity contribution in [3.05, 3.63) is 0 Å². The molecule has 0 aromatic rings. The Hall–Kier alpha value is -0.120. The van der Waals surface area contributed by atoms with Gasteiger partial charge in [-0.25, -0.2) is 0 Å². The van der Waals surface area contributed by atoms with Gasteiger partial charge in [-0.3, -0.25) is 0 Å². The van der Waals surface area contributed by atoms with Gasteiger partial charge in [0.1, 0.15) is 0 Å². The topological polar surface area (TPSA) is 30.5 Å². The van der Waals surface area contributed by atoms with E-state index in [4.69, 9.17) is 9.47 Å². The maximum Gasteiger partial charge on any atom is 0.168 e. The Kier molecular flexibility index (Phi) is 5.05. The van der Waals surface area contributed by atoms with Crippen LogP contribution in [-0.4, -0.2) is 31.1 Å². The highest BCUT2D eigenvalue weighted by molar-refractivity contribution is 4.86. The largest absolute Gasteiger partial charge is 0.348 e. The quantitative estimate of drug-likeness (QED) is 0.819. The zero-order valence-corrected chi connectivity index (χ0v) is 12.2. The molecule has 1 saturated heterocycles. The Morgan fingerprint density at radius 1 is 1.17 bits per heavy atom. The van der Waals surface area contributed by atoms with Gasteiger partial charge in [0.2, 0.25) is 0 Å². The van der Waals surface area contributed by atoms with Gasteiger partial charge in [-0.05, 0) is 32.1 Å². The maximum absolute atomic E-state index is 5.77. The molecule has 1 aliphatic heterocycles. The number of hydrogen-bond acceptors (Lipinski definition) is 3. The Balaban J connectivity index is 1.69. The van der Waals surface area contributed by atoms with Crippen molar-refractivity contribution >= 4 is 0 Å². The molecule has 2 rings (SSSR count). The van der Waals surface area contributed by atoms with Crippen LogP contribution in [0.5, 0.6) is 0 Å². The fourth-order valence-corrected chi connectivity index (χ4v) is 3.25. The van der Waals surface area contributed by atoms with Gasteiger partial charge in [-0.1, -0.05) is 20.3 Å². The lowest BCUT2D eigenvalue weighted by Crippen LogP contribution is -2.45. The van der Waals surface area contributed by atoms with Crippen molar-refractivity contribution in [3.8, 4) is 0 Å². The second-order valence-electron chi connectivity index (χ2n) is 6.20. The molecule has 3 heteroatoms. The fraction of sp³-hybridized carbons (Fsp3) is 1.00. The van der Waals surface area contributed by atoms with Crippen molar-refractivity contribution in [1.82, 2.24) is 5.32 Å². The van der Waals surface area contributed by atoms with Gasteiger partial charge in [0.05, 0.1) is 13.2 Å². The van der Waals surface area contributed by atoms with Crippen LogP contribution in [0.4, 0.5) is 0 Å². The smallest absolute Gasteiger partial charge is 0.168 e. The molecular weight excluding hydrogens is 226 g/mol. The summed E-state index contributed by atoms with van der Waals surface area (Å²) in [5.74, 6) is 0.613. The summed E-state index contributed by atoms with van der Waals surface area (Å²) in [4.78, 5) is 0. The van der Waals surface area contributed by atoms with Gasteiger partial charge in [-0.2, -0.15) is 0 Å². The van der Waals surface area contributed by atoms with Crippen LogP contribution in [0.3, 0.4) is 0 Å². The molecule has 0 aromatic heterocycles. The summed E-state index contributed by atoms with van der Waals surface area (Å²) in [5.41, 5.74) is 0. The zero-order chi connectivity index (χ0) is 13.0. The molecule has 2 unspecified atom stereocenters. The lowest BCUT2D eigenvalue weighted by molar-refractivity contribution is -0.179. The Labute approximate surface area is 112 Å². The first-order valence-corrected chi connectivity index (χ1v) is 7.67. The summed E-state index contributed by atoms with van der Waals surface area (Å²) in [5, 5.41) is 3.78. The summed E-state index contributed by atoms with van der Waals surface area (Å²) < 4.78 is 11.5. The molecule has 1 N–H and O–H groups in total. The number of nitrogens with one attached hydrogen (secondary N) is 1. The van der Waals surface area contributed by atoms with E-state index in [9.17, 15) is 0 Å². The van der Waals surface area contributed by atoms with Crippen molar-refractivity contribution in [2.24, 2.45) is 5.92 Å². The fourth-order valence-electron chi connectivity index (χ4n) is 3.25. The highest BCUT2D eigenvalue weighted by Crippen LogP contribution is 2.35. The number of hydrogen-bond donors (Lipinski definition) is 1. The minimum absolute atomic E-state index is 0.210. The minimum Gasteiger partial charge on any atom is -0.348 e. The van der Waals surface area contributed by atoms with E-state index in [1.807, 2.05) is 0 Å². The molecule has 3 nitrogen and oxygen atoms in total. The van der Waals surface area contributed by atoms with Crippen LogP contribution in [0.2, 0.25) is 0 Å². The average Bonchev–Trinajstić information content (AvgIpc) is 2.81. The van der Waals surface area contributed by atoms with Gasteiger partial charge in [0.25, 0.3) is 0 Å². The van der Waals surface area contributed by atoms with Crippen LogP contribution in [0, 0.1) is 5.92 Å². The van der Waals surface area contributed by atoms with Crippen molar-refractivity contribution in [2.45, 2.75) is 77.2 Å². The summed E-state index contributed by atoms with van der Waals surface area (Å²) in [6.07, 6.45) is 7.05. The second-order valence-corrected chi connectivity index (χ2v) is 6.20. The molecule has 1 saturated carbocycles. The lowest BCUT2D eigenvalue weighted by atomic mass is 9.89. The normalized spacial score (nSPS) is 27.5. The van der Waals surface area contributed by atoms with Crippen LogP contribution in [0.15, 0.2) is 0 Å². The Morgan fingerprint density at radius 3 is 2.33 bits per heavy atom. The van der Waals surface area contributed by atoms with E-state index in [0.717, 1.165) is 32.0 Å². The summed E-state index contributed by atoms with van der Waals surface area (Å²) >= 11 is 0. The second kappa shape index (κ2) is 6.36. The number of ether oxygens (including phenoxy) is 2. The van der Waals surface area contributed by atoms with Crippen LogP contribution < -0.4 is 5.32 Å². The van der Waals surface area contributed by atoms with Gasteiger partial charge in [-0.15, -0.1) is 0 Å². The predicted octanol–water partition coefficient (Wildman–Crippen LogP) is 3.09. The molecule has 1 heterocycles. The minimum atomic E-state index is -0.210. The summed E-state index contributed by atoms with van der Waals surface area (Å²) in [7, 11) is 0. The van der Waals surface area contributed by atoms with Crippen LogP contribution in [0.25, 0.3) is 0 Å². The maximum atomic E-state index is 5.77.